The van der Waals surface area contributed by atoms with Gasteiger partial charge in [0.25, 0.3) is 11.8 Å². The van der Waals surface area contributed by atoms with Crippen molar-refractivity contribution in [2.45, 2.75) is 51.6 Å². The van der Waals surface area contributed by atoms with Gasteiger partial charge in [0, 0.05) is 47.5 Å². The monoisotopic (exact) mass is 770 g/mol. The van der Waals surface area contributed by atoms with E-state index >= 15 is 0 Å². The SMILES string of the molecule is C=C(C)c1c(C(=O)N[C@H]2CCOc3ccccc32)sc2c(Cl)ccnc12.CC(C)c1c(C(=O)N[C@H]2CCOc3ccccc32)sc2c(Cl)ccnc12. The zero-order valence-electron chi connectivity index (χ0n) is 28.8. The molecule has 8 nitrogen and oxygen atoms in total. The van der Waals surface area contributed by atoms with Crippen LogP contribution in [0, 0.1) is 0 Å². The Labute approximate surface area is 319 Å². The van der Waals surface area contributed by atoms with Crippen LogP contribution in [0.4, 0.5) is 0 Å². The van der Waals surface area contributed by atoms with E-state index in [-0.39, 0.29) is 29.8 Å². The molecule has 0 unspecified atom stereocenters. The van der Waals surface area contributed by atoms with Crippen LogP contribution in [0.1, 0.15) is 93.2 Å². The molecule has 8 rings (SSSR count). The lowest BCUT2D eigenvalue weighted by Gasteiger charge is -2.26. The van der Waals surface area contributed by atoms with Crippen LogP contribution >= 0.6 is 45.9 Å². The Morgan fingerprint density at radius 3 is 1.79 bits per heavy atom. The lowest BCUT2D eigenvalue weighted by molar-refractivity contribution is 0.0919. The third kappa shape index (κ3) is 7.00. The topological polar surface area (TPSA) is 102 Å². The Morgan fingerprint density at radius 1 is 0.769 bits per heavy atom. The largest absolute Gasteiger partial charge is 0.493 e. The quantitative estimate of drug-likeness (QED) is 0.175. The number of pyridine rings is 2. The summed E-state index contributed by atoms with van der Waals surface area (Å²) in [5.74, 6) is 1.63. The maximum Gasteiger partial charge on any atom is 0.262 e. The average Bonchev–Trinajstić information content (AvgIpc) is 3.74. The standard InChI is InChI=1S/C20H19ClN2O2S.C20H17ClN2O2S/c2*1-11(2)16-17-18(13(21)7-9-22-17)26-19(16)20(24)23-14-8-10-25-15-6-4-3-5-12(14)15/h3-7,9,11,14H,8,10H2,1-2H3,(H,23,24);3-7,9,14H,1,8,10H2,2H3,(H,23,24)/t2*14-/m00/s1. The molecule has 0 aliphatic carbocycles. The fourth-order valence-electron chi connectivity index (χ4n) is 6.63. The van der Waals surface area contributed by atoms with Gasteiger partial charge in [0.2, 0.25) is 0 Å². The molecule has 0 spiro atoms. The highest BCUT2D eigenvalue weighted by molar-refractivity contribution is 7.22. The number of ether oxygens (including phenoxy) is 2. The minimum Gasteiger partial charge on any atom is -0.493 e. The van der Waals surface area contributed by atoms with Crippen molar-refractivity contribution in [1.29, 1.82) is 0 Å². The molecule has 2 aromatic carbocycles. The van der Waals surface area contributed by atoms with Crippen LogP contribution in [0.3, 0.4) is 0 Å². The van der Waals surface area contributed by atoms with E-state index in [1.165, 1.54) is 22.7 Å². The molecule has 2 atom stereocenters. The number of allylic oxidation sites excluding steroid dienone is 1. The van der Waals surface area contributed by atoms with Crippen molar-refractivity contribution in [3.8, 4) is 11.5 Å². The number of nitrogens with one attached hydrogen (secondary N) is 2. The number of fused-ring (bicyclic) bond motifs is 4. The fourth-order valence-corrected chi connectivity index (χ4v) is 9.52. The van der Waals surface area contributed by atoms with Gasteiger partial charge in [0.15, 0.2) is 0 Å². The highest BCUT2D eigenvalue weighted by Gasteiger charge is 2.29. The minimum absolute atomic E-state index is 0.0545. The number of hydrogen-bond acceptors (Lipinski definition) is 8. The summed E-state index contributed by atoms with van der Waals surface area (Å²) in [6, 6.07) is 19.0. The van der Waals surface area contributed by atoms with Crippen molar-refractivity contribution in [1.82, 2.24) is 20.6 Å². The van der Waals surface area contributed by atoms with Gasteiger partial charge in [-0.2, -0.15) is 0 Å². The van der Waals surface area contributed by atoms with Crippen LogP contribution in [0.2, 0.25) is 10.0 Å². The normalized spacial score (nSPS) is 16.2. The van der Waals surface area contributed by atoms with Gasteiger partial charge in [0.1, 0.15) is 16.4 Å². The summed E-state index contributed by atoms with van der Waals surface area (Å²) in [5, 5.41) is 7.57. The molecule has 0 radical (unpaired) electrons. The Balaban J connectivity index is 0.000000162. The number of halogens is 2. The first-order chi connectivity index (χ1) is 25.1. The first kappa shape index (κ1) is 35.9. The van der Waals surface area contributed by atoms with E-state index in [9.17, 15) is 9.59 Å². The summed E-state index contributed by atoms with van der Waals surface area (Å²) in [6.07, 6.45) is 4.83. The lowest BCUT2D eigenvalue weighted by atomic mass is 9.99. The van der Waals surface area contributed by atoms with Crippen LogP contribution in [0.15, 0.2) is 79.6 Å². The van der Waals surface area contributed by atoms with Gasteiger partial charge in [-0.15, -0.1) is 22.7 Å². The Hall–Kier alpha value is -4.48. The molecule has 0 saturated carbocycles. The summed E-state index contributed by atoms with van der Waals surface area (Å²) in [6.45, 7) is 11.2. The molecule has 6 heterocycles. The van der Waals surface area contributed by atoms with E-state index in [2.05, 4.69) is 41.0 Å². The van der Waals surface area contributed by atoms with Gasteiger partial charge in [0.05, 0.1) is 60.7 Å². The van der Waals surface area contributed by atoms with Crippen molar-refractivity contribution in [3.05, 3.63) is 122 Å². The number of benzene rings is 2. The number of carbonyl (C=O) groups is 2. The average molecular weight is 772 g/mol. The maximum absolute atomic E-state index is 13.1. The molecule has 4 aromatic heterocycles. The first-order valence-corrected chi connectivity index (χ1v) is 19.4. The van der Waals surface area contributed by atoms with E-state index in [0.717, 1.165) is 72.6 Å². The third-order valence-corrected chi connectivity index (χ3v) is 12.3. The number of para-hydroxylation sites is 2. The van der Waals surface area contributed by atoms with E-state index in [1.54, 1.807) is 24.5 Å². The molecular formula is C40H36Cl2N4O4S2. The first-order valence-electron chi connectivity index (χ1n) is 17.0. The van der Waals surface area contributed by atoms with E-state index in [0.29, 0.717) is 33.0 Å². The van der Waals surface area contributed by atoms with Crippen molar-refractivity contribution in [3.63, 3.8) is 0 Å². The Morgan fingerprint density at radius 2 is 1.25 bits per heavy atom. The molecular weight excluding hydrogens is 736 g/mol. The van der Waals surface area contributed by atoms with Crippen molar-refractivity contribution < 1.29 is 19.1 Å². The van der Waals surface area contributed by atoms with Crippen molar-refractivity contribution >= 4 is 83.7 Å². The summed E-state index contributed by atoms with van der Waals surface area (Å²) >= 11 is 15.4. The Bertz CT molecular complexity index is 2340. The molecule has 2 aliphatic heterocycles. The molecule has 2 aliphatic rings. The smallest absolute Gasteiger partial charge is 0.262 e. The predicted octanol–water partition coefficient (Wildman–Crippen LogP) is 10.6. The molecule has 2 N–H and O–H groups in total. The van der Waals surface area contributed by atoms with Crippen LogP contribution in [-0.2, 0) is 0 Å². The lowest BCUT2D eigenvalue weighted by Crippen LogP contribution is -2.32. The van der Waals surface area contributed by atoms with E-state index < -0.39 is 0 Å². The summed E-state index contributed by atoms with van der Waals surface area (Å²) in [4.78, 5) is 36.4. The third-order valence-electron chi connectivity index (χ3n) is 9.03. The van der Waals surface area contributed by atoms with Gasteiger partial charge in [-0.25, -0.2) is 0 Å². The van der Waals surface area contributed by atoms with Gasteiger partial charge >= 0.3 is 0 Å². The van der Waals surface area contributed by atoms with Crippen LogP contribution in [0.5, 0.6) is 11.5 Å². The molecule has 2 amide bonds. The van der Waals surface area contributed by atoms with E-state index in [1.807, 2.05) is 55.5 Å². The number of aromatic nitrogens is 2. The molecule has 0 saturated heterocycles. The number of rotatable bonds is 6. The number of amides is 2. The summed E-state index contributed by atoms with van der Waals surface area (Å²) in [7, 11) is 0. The summed E-state index contributed by atoms with van der Waals surface area (Å²) in [5.41, 5.74) is 6.11. The highest BCUT2D eigenvalue weighted by Crippen LogP contribution is 2.41. The van der Waals surface area contributed by atoms with Gasteiger partial charge in [-0.05, 0) is 42.7 Å². The highest BCUT2D eigenvalue weighted by atomic mass is 35.5. The molecule has 0 bridgehead atoms. The fraction of sp³-hybridized carbons (Fsp3) is 0.250. The van der Waals surface area contributed by atoms with Gasteiger partial charge in [-0.3, -0.25) is 19.6 Å². The second-order valence-electron chi connectivity index (χ2n) is 12.9. The maximum atomic E-state index is 13.1. The predicted molar refractivity (Wildman–Crippen MR) is 212 cm³/mol. The molecule has 6 aromatic rings. The van der Waals surface area contributed by atoms with Crippen molar-refractivity contribution in [2.75, 3.05) is 13.2 Å². The van der Waals surface area contributed by atoms with Crippen molar-refractivity contribution in [2.24, 2.45) is 0 Å². The van der Waals surface area contributed by atoms with Crippen LogP contribution in [0.25, 0.3) is 26.0 Å². The zero-order chi connectivity index (χ0) is 36.5. The van der Waals surface area contributed by atoms with Crippen LogP contribution in [-0.4, -0.2) is 35.0 Å². The number of nitrogens with zero attached hydrogens (tertiary/aromatic N) is 2. The number of thiophene rings is 2. The summed E-state index contributed by atoms with van der Waals surface area (Å²) < 4.78 is 13.0. The number of carbonyl (C=O) groups excluding carboxylic acids is 2. The van der Waals surface area contributed by atoms with E-state index in [4.69, 9.17) is 32.7 Å². The Kier molecular flexibility index (Phi) is 10.5. The molecule has 12 heteroatoms. The molecule has 266 valence electrons. The van der Waals surface area contributed by atoms with Gasteiger partial charge < -0.3 is 20.1 Å². The van der Waals surface area contributed by atoms with Crippen LogP contribution < -0.4 is 20.1 Å². The molecule has 52 heavy (non-hydrogen) atoms. The second-order valence-corrected chi connectivity index (χ2v) is 15.8. The zero-order valence-corrected chi connectivity index (χ0v) is 31.9. The number of hydrogen-bond donors (Lipinski definition) is 2. The minimum atomic E-state index is -0.135. The van der Waals surface area contributed by atoms with Gasteiger partial charge in [-0.1, -0.05) is 80.0 Å². The molecule has 0 fully saturated rings. The second kappa shape index (κ2) is 15.2.